The summed E-state index contributed by atoms with van der Waals surface area (Å²) in [6, 6.07) is 6.12. The van der Waals surface area contributed by atoms with Crippen LogP contribution in [-0.2, 0) is 6.54 Å². The van der Waals surface area contributed by atoms with Crippen LogP contribution in [0, 0.1) is 0 Å². The summed E-state index contributed by atoms with van der Waals surface area (Å²) < 4.78 is 11.7. The normalized spacial score (nSPS) is 14.3. The van der Waals surface area contributed by atoms with Gasteiger partial charge in [0.1, 0.15) is 13.2 Å². The molecule has 20 heavy (non-hydrogen) atoms. The summed E-state index contributed by atoms with van der Waals surface area (Å²) in [5, 5.41) is 3.59. The summed E-state index contributed by atoms with van der Waals surface area (Å²) in [5.74, 6) is 1.78. The van der Waals surface area contributed by atoms with E-state index >= 15 is 0 Å². The SMILES string of the molecule is CCC(CC)(CNCc1cccc2c1OCCO2)SC. The third-order valence-corrected chi connectivity index (χ3v) is 5.72. The molecule has 1 aliphatic heterocycles. The molecule has 0 saturated carbocycles. The van der Waals surface area contributed by atoms with Crippen molar-refractivity contribution >= 4 is 11.8 Å². The van der Waals surface area contributed by atoms with E-state index in [0.717, 1.165) is 24.6 Å². The molecule has 0 bridgehead atoms. The van der Waals surface area contributed by atoms with Gasteiger partial charge in [-0.05, 0) is 25.2 Å². The Labute approximate surface area is 126 Å². The number of ether oxygens (including phenoxy) is 2. The lowest BCUT2D eigenvalue weighted by Crippen LogP contribution is -2.36. The Morgan fingerprint density at radius 1 is 1.20 bits per heavy atom. The van der Waals surface area contributed by atoms with E-state index in [9.17, 15) is 0 Å². The van der Waals surface area contributed by atoms with Crippen LogP contribution in [-0.4, -0.2) is 30.8 Å². The van der Waals surface area contributed by atoms with Crippen LogP contribution < -0.4 is 14.8 Å². The molecule has 3 nitrogen and oxygen atoms in total. The molecule has 0 radical (unpaired) electrons. The van der Waals surface area contributed by atoms with Crippen LogP contribution in [0.5, 0.6) is 11.5 Å². The van der Waals surface area contributed by atoms with Gasteiger partial charge in [0.15, 0.2) is 11.5 Å². The summed E-state index contributed by atoms with van der Waals surface area (Å²) >= 11 is 1.96. The van der Waals surface area contributed by atoms with E-state index in [0.29, 0.717) is 18.0 Å². The van der Waals surface area contributed by atoms with Crippen molar-refractivity contribution in [3.63, 3.8) is 0 Å². The standard InChI is InChI=1S/C16H25NO2S/c1-4-16(5-2,20-3)12-17-11-13-7-6-8-14-15(13)19-10-9-18-14/h6-8,17H,4-5,9-12H2,1-3H3. The zero-order valence-corrected chi connectivity index (χ0v) is 13.5. The molecule has 0 unspecified atom stereocenters. The first-order valence-corrected chi connectivity index (χ1v) is 8.60. The fourth-order valence-corrected chi connectivity index (χ4v) is 3.38. The van der Waals surface area contributed by atoms with E-state index in [4.69, 9.17) is 9.47 Å². The van der Waals surface area contributed by atoms with Crippen LogP contribution >= 0.6 is 11.8 Å². The van der Waals surface area contributed by atoms with E-state index < -0.39 is 0 Å². The summed E-state index contributed by atoms with van der Waals surface area (Å²) in [6.07, 6.45) is 4.57. The average molecular weight is 295 g/mol. The van der Waals surface area contributed by atoms with Crippen LogP contribution in [0.4, 0.5) is 0 Å². The van der Waals surface area contributed by atoms with Gasteiger partial charge in [-0.2, -0.15) is 11.8 Å². The molecular weight excluding hydrogens is 270 g/mol. The van der Waals surface area contributed by atoms with Crippen LogP contribution in [0.2, 0.25) is 0 Å². The predicted octanol–water partition coefficient (Wildman–Crippen LogP) is 3.47. The van der Waals surface area contributed by atoms with Crippen molar-refractivity contribution in [1.82, 2.24) is 5.32 Å². The van der Waals surface area contributed by atoms with Crippen molar-refractivity contribution in [2.45, 2.75) is 38.0 Å². The van der Waals surface area contributed by atoms with Crippen molar-refractivity contribution in [3.8, 4) is 11.5 Å². The minimum Gasteiger partial charge on any atom is -0.486 e. The number of rotatable bonds is 7. The van der Waals surface area contributed by atoms with Gasteiger partial charge < -0.3 is 14.8 Å². The van der Waals surface area contributed by atoms with Crippen molar-refractivity contribution < 1.29 is 9.47 Å². The second kappa shape index (κ2) is 7.23. The molecule has 0 fully saturated rings. The Balaban J connectivity index is 1.98. The minimum atomic E-state index is 0.339. The molecule has 1 aliphatic rings. The second-order valence-electron chi connectivity index (χ2n) is 5.14. The summed E-state index contributed by atoms with van der Waals surface area (Å²) in [4.78, 5) is 0. The molecule has 0 aliphatic carbocycles. The molecular formula is C16H25NO2S. The molecule has 1 aromatic carbocycles. The van der Waals surface area contributed by atoms with Gasteiger partial charge in [-0.3, -0.25) is 0 Å². The fourth-order valence-electron chi connectivity index (χ4n) is 2.56. The highest BCUT2D eigenvalue weighted by molar-refractivity contribution is 8.00. The fraction of sp³-hybridized carbons (Fsp3) is 0.625. The number of thioether (sulfide) groups is 1. The zero-order valence-electron chi connectivity index (χ0n) is 12.7. The molecule has 0 atom stereocenters. The van der Waals surface area contributed by atoms with Crippen LogP contribution in [0.1, 0.15) is 32.3 Å². The first-order chi connectivity index (χ1) is 9.74. The van der Waals surface area contributed by atoms with Crippen molar-refractivity contribution in [3.05, 3.63) is 23.8 Å². The molecule has 1 aromatic rings. The van der Waals surface area contributed by atoms with Crippen molar-refractivity contribution in [2.75, 3.05) is 26.0 Å². The second-order valence-corrected chi connectivity index (χ2v) is 6.41. The molecule has 0 saturated heterocycles. The lowest BCUT2D eigenvalue weighted by atomic mass is 10.0. The highest BCUT2D eigenvalue weighted by Crippen LogP contribution is 2.34. The number of para-hydroxylation sites is 1. The van der Waals surface area contributed by atoms with Crippen LogP contribution in [0.15, 0.2) is 18.2 Å². The van der Waals surface area contributed by atoms with E-state index in [1.54, 1.807) is 0 Å². The Hall–Kier alpha value is -0.870. The third-order valence-electron chi connectivity index (χ3n) is 4.13. The summed E-state index contributed by atoms with van der Waals surface area (Å²) in [6.45, 7) is 7.67. The lowest BCUT2D eigenvalue weighted by molar-refractivity contribution is 0.169. The maximum absolute atomic E-state index is 5.75. The quantitative estimate of drug-likeness (QED) is 0.834. The Morgan fingerprint density at radius 3 is 2.65 bits per heavy atom. The lowest BCUT2D eigenvalue weighted by Gasteiger charge is -2.30. The first-order valence-electron chi connectivity index (χ1n) is 7.38. The monoisotopic (exact) mass is 295 g/mol. The first kappa shape index (κ1) is 15.5. The molecule has 0 aromatic heterocycles. The Morgan fingerprint density at radius 2 is 1.95 bits per heavy atom. The van der Waals surface area contributed by atoms with Crippen molar-refractivity contribution in [2.24, 2.45) is 0 Å². The average Bonchev–Trinajstić information content (AvgIpc) is 2.52. The number of hydrogen-bond donors (Lipinski definition) is 1. The molecule has 2 rings (SSSR count). The van der Waals surface area contributed by atoms with Crippen LogP contribution in [0.3, 0.4) is 0 Å². The van der Waals surface area contributed by atoms with Gasteiger partial charge in [0, 0.05) is 23.4 Å². The van der Waals surface area contributed by atoms with E-state index in [2.05, 4.69) is 31.5 Å². The largest absolute Gasteiger partial charge is 0.486 e. The Kier molecular flexibility index (Phi) is 5.61. The van der Waals surface area contributed by atoms with E-state index in [-0.39, 0.29) is 0 Å². The van der Waals surface area contributed by atoms with Crippen LogP contribution in [0.25, 0.3) is 0 Å². The molecule has 1 N–H and O–H groups in total. The summed E-state index contributed by atoms with van der Waals surface area (Å²) in [5.41, 5.74) is 1.18. The smallest absolute Gasteiger partial charge is 0.165 e. The van der Waals surface area contributed by atoms with E-state index in [1.165, 1.54) is 18.4 Å². The van der Waals surface area contributed by atoms with Gasteiger partial charge in [0.05, 0.1) is 0 Å². The number of benzene rings is 1. The molecule has 0 spiro atoms. The highest BCUT2D eigenvalue weighted by atomic mass is 32.2. The molecule has 1 heterocycles. The number of nitrogens with one attached hydrogen (secondary N) is 1. The Bertz CT molecular complexity index is 424. The topological polar surface area (TPSA) is 30.5 Å². The van der Waals surface area contributed by atoms with E-state index in [1.807, 2.05) is 23.9 Å². The van der Waals surface area contributed by atoms with Gasteiger partial charge >= 0.3 is 0 Å². The van der Waals surface area contributed by atoms with Gasteiger partial charge in [0.2, 0.25) is 0 Å². The molecule has 112 valence electrons. The van der Waals surface area contributed by atoms with Gasteiger partial charge in [0.25, 0.3) is 0 Å². The molecule has 0 amide bonds. The number of fused-ring (bicyclic) bond motifs is 1. The predicted molar refractivity (Wildman–Crippen MR) is 86.0 cm³/mol. The number of hydrogen-bond acceptors (Lipinski definition) is 4. The highest BCUT2D eigenvalue weighted by Gasteiger charge is 2.24. The summed E-state index contributed by atoms with van der Waals surface area (Å²) in [7, 11) is 0. The minimum absolute atomic E-state index is 0.339. The molecule has 4 heteroatoms. The maximum Gasteiger partial charge on any atom is 0.165 e. The van der Waals surface area contributed by atoms with Gasteiger partial charge in [-0.1, -0.05) is 26.0 Å². The van der Waals surface area contributed by atoms with Gasteiger partial charge in [-0.15, -0.1) is 0 Å². The van der Waals surface area contributed by atoms with Gasteiger partial charge in [-0.25, -0.2) is 0 Å². The maximum atomic E-state index is 5.75. The van der Waals surface area contributed by atoms with Crippen molar-refractivity contribution in [1.29, 1.82) is 0 Å². The zero-order chi connectivity index (χ0) is 14.4. The third kappa shape index (κ3) is 3.41.